The molecule has 0 radical (unpaired) electrons. The van der Waals surface area contributed by atoms with Crippen molar-refractivity contribution in [1.29, 1.82) is 0 Å². The highest BCUT2D eigenvalue weighted by molar-refractivity contribution is 5.79. The van der Waals surface area contributed by atoms with E-state index in [4.69, 9.17) is 0 Å². The molecular weight excluding hydrogens is 230 g/mol. The van der Waals surface area contributed by atoms with E-state index in [2.05, 4.69) is 4.90 Å². The number of ketones is 1. The van der Waals surface area contributed by atoms with Crippen LogP contribution in [0.25, 0.3) is 0 Å². The summed E-state index contributed by atoms with van der Waals surface area (Å²) in [6, 6.07) is 9.26. The smallest absolute Gasteiger partial charge is 0.312 e. The second-order valence-corrected chi connectivity index (χ2v) is 4.64. The van der Waals surface area contributed by atoms with Gasteiger partial charge in [-0.1, -0.05) is 30.3 Å². The van der Waals surface area contributed by atoms with Crippen molar-refractivity contribution in [2.45, 2.75) is 18.8 Å². The molecule has 1 aliphatic heterocycles. The van der Waals surface area contributed by atoms with Gasteiger partial charge in [0.1, 0.15) is 5.78 Å². The van der Waals surface area contributed by atoms with Crippen molar-refractivity contribution in [3.63, 3.8) is 0 Å². The van der Waals surface area contributed by atoms with E-state index in [0.29, 0.717) is 32.5 Å². The molecule has 18 heavy (non-hydrogen) atoms. The Balaban J connectivity index is 2.03. The van der Waals surface area contributed by atoms with Gasteiger partial charge in [0.15, 0.2) is 0 Å². The number of aliphatic carboxylic acids is 1. The van der Waals surface area contributed by atoms with Crippen LogP contribution in [0, 0.1) is 0 Å². The number of likely N-dealkylation sites (tertiary alicyclic amines) is 1. The second kappa shape index (κ2) is 5.78. The lowest BCUT2D eigenvalue weighted by Crippen LogP contribution is -2.38. The third-order valence-electron chi connectivity index (χ3n) is 3.35. The maximum atomic E-state index is 11.3. The SMILES string of the molecule is O=C1CCN(CC(C(=O)O)c2ccccc2)CC1. The molecule has 1 N–H and O–H groups in total. The first-order chi connectivity index (χ1) is 8.66. The van der Waals surface area contributed by atoms with E-state index in [1.807, 2.05) is 30.3 Å². The third-order valence-corrected chi connectivity index (χ3v) is 3.35. The molecule has 0 aromatic heterocycles. The van der Waals surface area contributed by atoms with Crippen LogP contribution in [0.5, 0.6) is 0 Å². The molecule has 96 valence electrons. The molecule has 0 saturated carbocycles. The summed E-state index contributed by atoms with van der Waals surface area (Å²) < 4.78 is 0. The summed E-state index contributed by atoms with van der Waals surface area (Å²) in [7, 11) is 0. The van der Waals surface area contributed by atoms with Crippen molar-refractivity contribution in [2.75, 3.05) is 19.6 Å². The van der Waals surface area contributed by atoms with E-state index in [-0.39, 0.29) is 5.78 Å². The molecule has 1 atom stereocenters. The first-order valence-corrected chi connectivity index (χ1v) is 6.18. The number of hydrogen-bond acceptors (Lipinski definition) is 3. The van der Waals surface area contributed by atoms with Crippen LogP contribution < -0.4 is 0 Å². The molecule has 1 fully saturated rings. The van der Waals surface area contributed by atoms with Crippen LogP contribution in [-0.4, -0.2) is 41.4 Å². The van der Waals surface area contributed by atoms with E-state index in [1.54, 1.807) is 0 Å². The second-order valence-electron chi connectivity index (χ2n) is 4.64. The predicted molar refractivity (Wildman–Crippen MR) is 67.5 cm³/mol. The average molecular weight is 247 g/mol. The highest BCUT2D eigenvalue weighted by Crippen LogP contribution is 2.19. The normalized spacial score (nSPS) is 18.6. The number of piperidine rings is 1. The molecule has 4 heteroatoms. The zero-order valence-corrected chi connectivity index (χ0v) is 10.2. The number of Topliss-reactive ketones (excluding diaryl/α,β-unsaturated/α-hetero) is 1. The number of rotatable bonds is 4. The Morgan fingerprint density at radius 1 is 1.22 bits per heavy atom. The van der Waals surface area contributed by atoms with Gasteiger partial charge in [-0.3, -0.25) is 9.59 Å². The van der Waals surface area contributed by atoms with E-state index in [9.17, 15) is 14.7 Å². The van der Waals surface area contributed by atoms with Crippen molar-refractivity contribution < 1.29 is 14.7 Å². The summed E-state index contributed by atoms with van der Waals surface area (Å²) in [4.78, 5) is 24.6. The van der Waals surface area contributed by atoms with E-state index in [1.165, 1.54) is 0 Å². The Hall–Kier alpha value is -1.68. The van der Waals surface area contributed by atoms with Gasteiger partial charge >= 0.3 is 5.97 Å². The van der Waals surface area contributed by atoms with Crippen molar-refractivity contribution in [3.05, 3.63) is 35.9 Å². The van der Waals surface area contributed by atoms with Gasteiger partial charge in [0.05, 0.1) is 5.92 Å². The average Bonchev–Trinajstić information content (AvgIpc) is 2.38. The monoisotopic (exact) mass is 247 g/mol. The summed E-state index contributed by atoms with van der Waals surface area (Å²) >= 11 is 0. The van der Waals surface area contributed by atoms with Gasteiger partial charge in [-0.05, 0) is 5.56 Å². The summed E-state index contributed by atoms with van der Waals surface area (Å²) in [5.41, 5.74) is 0.821. The lowest BCUT2D eigenvalue weighted by Gasteiger charge is -2.28. The van der Waals surface area contributed by atoms with Gasteiger partial charge in [0, 0.05) is 32.5 Å². The van der Waals surface area contributed by atoms with Crippen LogP contribution in [0.4, 0.5) is 0 Å². The Morgan fingerprint density at radius 3 is 2.39 bits per heavy atom. The fraction of sp³-hybridized carbons (Fsp3) is 0.429. The number of benzene rings is 1. The Bertz CT molecular complexity index is 420. The quantitative estimate of drug-likeness (QED) is 0.876. The number of carbonyl (C=O) groups is 2. The highest BCUT2D eigenvalue weighted by Gasteiger charge is 2.25. The first kappa shape index (κ1) is 12.8. The first-order valence-electron chi connectivity index (χ1n) is 6.18. The molecule has 1 unspecified atom stereocenters. The highest BCUT2D eigenvalue weighted by atomic mass is 16.4. The fourth-order valence-corrected chi connectivity index (χ4v) is 2.25. The molecule has 0 amide bonds. The molecule has 0 spiro atoms. The summed E-state index contributed by atoms with van der Waals surface area (Å²) in [5, 5.41) is 9.32. The van der Waals surface area contributed by atoms with Gasteiger partial charge in [-0.25, -0.2) is 0 Å². The van der Waals surface area contributed by atoms with Crippen molar-refractivity contribution >= 4 is 11.8 Å². The molecule has 1 aliphatic rings. The zero-order valence-electron chi connectivity index (χ0n) is 10.2. The number of hydrogen-bond donors (Lipinski definition) is 1. The number of carboxylic acids is 1. The molecule has 0 aliphatic carbocycles. The van der Waals surface area contributed by atoms with Crippen LogP contribution >= 0.6 is 0 Å². The Kier molecular flexibility index (Phi) is 4.10. The maximum Gasteiger partial charge on any atom is 0.312 e. The minimum absolute atomic E-state index is 0.276. The van der Waals surface area contributed by atoms with E-state index in [0.717, 1.165) is 5.56 Å². The molecule has 0 bridgehead atoms. The molecule has 1 aromatic carbocycles. The minimum Gasteiger partial charge on any atom is -0.481 e. The fourth-order valence-electron chi connectivity index (χ4n) is 2.25. The summed E-state index contributed by atoms with van der Waals surface area (Å²) in [6.45, 7) is 1.83. The number of nitrogens with zero attached hydrogens (tertiary/aromatic N) is 1. The van der Waals surface area contributed by atoms with Crippen molar-refractivity contribution in [2.24, 2.45) is 0 Å². The predicted octanol–water partition coefficient (Wildman–Crippen LogP) is 1.52. The van der Waals surface area contributed by atoms with Gasteiger partial charge in [0.25, 0.3) is 0 Å². The molecule has 2 rings (SSSR count). The molecule has 4 nitrogen and oxygen atoms in total. The lowest BCUT2D eigenvalue weighted by molar-refractivity contribution is -0.139. The van der Waals surface area contributed by atoms with Crippen molar-refractivity contribution in [3.8, 4) is 0 Å². The van der Waals surface area contributed by atoms with E-state index >= 15 is 0 Å². The van der Waals surface area contributed by atoms with Crippen LogP contribution in [0.2, 0.25) is 0 Å². The maximum absolute atomic E-state index is 11.3. The summed E-state index contributed by atoms with van der Waals surface area (Å²) in [5.74, 6) is -1.05. The largest absolute Gasteiger partial charge is 0.481 e. The van der Waals surface area contributed by atoms with Gasteiger partial charge in [-0.15, -0.1) is 0 Å². The summed E-state index contributed by atoms with van der Waals surface area (Å²) in [6.07, 6.45) is 1.09. The lowest BCUT2D eigenvalue weighted by atomic mass is 9.97. The Labute approximate surface area is 106 Å². The molecule has 1 aromatic rings. The van der Waals surface area contributed by atoms with Gasteiger partial charge < -0.3 is 10.0 Å². The third kappa shape index (κ3) is 3.17. The van der Waals surface area contributed by atoms with E-state index < -0.39 is 11.9 Å². The van der Waals surface area contributed by atoms with Crippen LogP contribution in [0.1, 0.15) is 24.3 Å². The number of carbonyl (C=O) groups excluding carboxylic acids is 1. The topological polar surface area (TPSA) is 57.6 Å². The minimum atomic E-state index is -0.807. The molecule has 1 heterocycles. The zero-order chi connectivity index (χ0) is 13.0. The standard InChI is InChI=1S/C14H17NO3/c16-12-6-8-15(9-7-12)10-13(14(17)18)11-4-2-1-3-5-11/h1-5,13H,6-10H2,(H,17,18). The Morgan fingerprint density at radius 2 is 1.83 bits per heavy atom. The number of carboxylic acid groups (broad SMARTS) is 1. The molecular formula is C14H17NO3. The van der Waals surface area contributed by atoms with Crippen LogP contribution in [-0.2, 0) is 9.59 Å². The molecule has 1 saturated heterocycles. The van der Waals surface area contributed by atoms with Gasteiger partial charge in [-0.2, -0.15) is 0 Å². The van der Waals surface area contributed by atoms with Crippen molar-refractivity contribution in [1.82, 2.24) is 4.90 Å². The van der Waals surface area contributed by atoms with Crippen LogP contribution in [0.3, 0.4) is 0 Å². The van der Waals surface area contributed by atoms with Gasteiger partial charge in [0.2, 0.25) is 0 Å². The van der Waals surface area contributed by atoms with Crippen LogP contribution in [0.15, 0.2) is 30.3 Å².